The van der Waals surface area contributed by atoms with Gasteiger partial charge in [-0.3, -0.25) is 4.79 Å². The molecule has 1 aromatic carbocycles. The monoisotopic (exact) mass is 272 g/mol. The summed E-state index contributed by atoms with van der Waals surface area (Å²) in [7, 11) is 0. The van der Waals surface area contributed by atoms with Crippen molar-refractivity contribution in [2.24, 2.45) is 0 Å². The Balaban J connectivity index is 2.20. The third kappa shape index (κ3) is 1.97. The van der Waals surface area contributed by atoms with Crippen LogP contribution in [-0.2, 0) is 0 Å². The highest BCUT2D eigenvalue weighted by Crippen LogP contribution is 2.27. The Bertz CT molecular complexity index is 810. The topological polar surface area (TPSA) is 79.1 Å². The van der Waals surface area contributed by atoms with Gasteiger partial charge in [-0.25, -0.2) is 4.39 Å². The minimum atomic E-state index is -0.626. The van der Waals surface area contributed by atoms with Crippen molar-refractivity contribution in [3.8, 4) is 28.4 Å². The van der Waals surface area contributed by atoms with Gasteiger partial charge in [0.1, 0.15) is 23.5 Å². The van der Waals surface area contributed by atoms with E-state index in [9.17, 15) is 14.3 Å². The number of aromatic hydroxyl groups is 1. The van der Waals surface area contributed by atoms with Gasteiger partial charge in [0.15, 0.2) is 0 Å². The second kappa shape index (κ2) is 4.65. The zero-order chi connectivity index (χ0) is 14.1. The smallest absolute Gasteiger partial charge is 0.263 e. The number of nitrogens with zero attached hydrogens (tertiary/aromatic N) is 1. The summed E-state index contributed by atoms with van der Waals surface area (Å²) in [6, 6.07) is 7.26. The fraction of sp³-hybridized carbons (Fsp3) is 0. The van der Waals surface area contributed by atoms with Crippen LogP contribution in [0.4, 0.5) is 4.39 Å². The van der Waals surface area contributed by atoms with E-state index in [2.05, 4.69) is 9.97 Å². The van der Waals surface area contributed by atoms with Crippen LogP contribution < -0.4 is 5.56 Å². The molecule has 0 radical (unpaired) electrons. The van der Waals surface area contributed by atoms with Crippen LogP contribution in [0.2, 0.25) is 0 Å². The SMILES string of the molecule is O=c1[nH]c(-c2ccoc2)nc(O)c1-c1ccccc1F. The molecule has 20 heavy (non-hydrogen) atoms. The zero-order valence-corrected chi connectivity index (χ0v) is 10.1. The summed E-state index contributed by atoms with van der Waals surface area (Å²) in [5.74, 6) is -0.984. The molecule has 0 unspecified atom stereocenters. The molecule has 3 aromatic rings. The Morgan fingerprint density at radius 2 is 2.05 bits per heavy atom. The molecule has 0 aliphatic carbocycles. The lowest BCUT2D eigenvalue weighted by Gasteiger charge is -2.05. The maximum absolute atomic E-state index is 13.7. The molecule has 0 fully saturated rings. The number of H-pyrrole nitrogens is 1. The second-order valence-corrected chi connectivity index (χ2v) is 4.11. The van der Waals surface area contributed by atoms with Crippen LogP contribution in [0.1, 0.15) is 0 Å². The third-order valence-electron chi connectivity index (χ3n) is 2.84. The number of hydrogen-bond acceptors (Lipinski definition) is 4. The maximum Gasteiger partial charge on any atom is 0.263 e. The standard InChI is InChI=1S/C14H9FN2O3/c15-10-4-2-1-3-9(10)11-13(18)16-12(17-14(11)19)8-5-6-20-7-8/h1-7H,(H2,16,17,18,19). The van der Waals surface area contributed by atoms with E-state index in [0.29, 0.717) is 5.56 Å². The lowest BCUT2D eigenvalue weighted by Crippen LogP contribution is -2.12. The summed E-state index contributed by atoms with van der Waals surface area (Å²) in [4.78, 5) is 18.4. The van der Waals surface area contributed by atoms with Crippen LogP contribution in [0, 0.1) is 5.82 Å². The van der Waals surface area contributed by atoms with E-state index >= 15 is 0 Å². The molecule has 0 aliphatic rings. The van der Waals surface area contributed by atoms with Gasteiger partial charge in [-0.15, -0.1) is 0 Å². The fourth-order valence-electron chi connectivity index (χ4n) is 1.90. The molecule has 0 aliphatic heterocycles. The summed E-state index contributed by atoms with van der Waals surface area (Å²) >= 11 is 0. The van der Waals surface area contributed by atoms with Gasteiger partial charge in [0, 0.05) is 5.56 Å². The van der Waals surface area contributed by atoms with E-state index in [1.807, 2.05) is 0 Å². The number of rotatable bonds is 2. The van der Waals surface area contributed by atoms with Crippen molar-refractivity contribution < 1.29 is 13.9 Å². The number of aromatic nitrogens is 2. The minimum absolute atomic E-state index is 0.00232. The summed E-state index contributed by atoms with van der Waals surface area (Å²) < 4.78 is 18.6. The second-order valence-electron chi connectivity index (χ2n) is 4.11. The van der Waals surface area contributed by atoms with Gasteiger partial charge < -0.3 is 14.5 Å². The van der Waals surface area contributed by atoms with Crippen LogP contribution in [0.15, 0.2) is 52.1 Å². The number of hydrogen-bond donors (Lipinski definition) is 2. The van der Waals surface area contributed by atoms with Gasteiger partial charge in [-0.1, -0.05) is 18.2 Å². The lowest BCUT2D eigenvalue weighted by molar-refractivity contribution is 0.453. The highest BCUT2D eigenvalue weighted by atomic mass is 19.1. The molecule has 100 valence electrons. The van der Waals surface area contributed by atoms with E-state index in [1.54, 1.807) is 12.1 Å². The molecule has 5 nitrogen and oxygen atoms in total. The van der Waals surface area contributed by atoms with E-state index in [0.717, 1.165) is 0 Å². The van der Waals surface area contributed by atoms with Crippen molar-refractivity contribution >= 4 is 0 Å². The molecule has 2 heterocycles. The molecule has 6 heteroatoms. The van der Waals surface area contributed by atoms with E-state index in [4.69, 9.17) is 4.42 Å². The van der Waals surface area contributed by atoms with Gasteiger partial charge in [0.05, 0.1) is 11.8 Å². The third-order valence-corrected chi connectivity index (χ3v) is 2.84. The van der Waals surface area contributed by atoms with Crippen molar-refractivity contribution in [1.82, 2.24) is 9.97 Å². The van der Waals surface area contributed by atoms with Gasteiger partial charge >= 0.3 is 0 Å². The Morgan fingerprint density at radius 3 is 2.70 bits per heavy atom. The van der Waals surface area contributed by atoms with Crippen molar-refractivity contribution in [2.75, 3.05) is 0 Å². The van der Waals surface area contributed by atoms with Crippen LogP contribution in [0.3, 0.4) is 0 Å². The van der Waals surface area contributed by atoms with Gasteiger partial charge in [-0.05, 0) is 12.1 Å². The molecule has 0 atom stereocenters. The molecule has 0 amide bonds. The average molecular weight is 272 g/mol. The Morgan fingerprint density at radius 1 is 1.25 bits per heavy atom. The van der Waals surface area contributed by atoms with Crippen molar-refractivity contribution in [3.05, 3.63) is 59.0 Å². The first-order valence-electron chi connectivity index (χ1n) is 5.77. The largest absolute Gasteiger partial charge is 0.493 e. The van der Waals surface area contributed by atoms with Crippen molar-refractivity contribution in [3.63, 3.8) is 0 Å². The first kappa shape index (κ1) is 12.2. The molecule has 0 saturated carbocycles. The number of aromatic amines is 1. The number of nitrogens with one attached hydrogen (secondary N) is 1. The highest BCUT2D eigenvalue weighted by molar-refractivity contribution is 5.69. The molecule has 2 N–H and O–H groups in total. The van der Waals surface area contributed by atoms with E-state index in [-0.39, 0.29) is 17.0 Å². The first-order chi connectivity index (χ1) is 9.66. The first-order valence-corrected chi connectivity index (χ1v) is 5.77. The molecule has 0 spiro atoms. The van der Waals surface area contributed by atoms with E-state index in [1.165, 1.54) is 30.7 Å². The number of furan rings is 1. The predicted octanol–water partition coefficient (Wildman–Crippen LogP) is 2.54. The minimum Gasteiger partial charge on any atom is -0.493 e. The van der Waals surface area contributed by atoms with Crippen LogP contribution in [0.5, 0.6) is 5.88 Å². The molecule has 0 bridgehead atoms. The Kier molecular flexibility index (Phi) is 2.83. The van der Waals surface area contributed by atoms with E-state index < -0.39 is 17.3 Å². The molecular formula is C14H9FN2O3. The highest BCUT2D eigenvalue weighted by Gasteiger charge is 2.17. The van der Waals surface area contributed by atoms with Crippen LogP contribution in [0.25, 0.3) is 22.5 Å². The summed E-state index contributed by atoms with van der Waals surface area (Å²) in [6.07, 6.45) is 2.79. The summed E-state index contributed by atoms with van der Waals surface area (Å²) in [5, 5.41) is 9.92. The Labute approximate surface area is 112 Å². The van der Waals surface area contributed by atoms with Gasteiger partial charge in [0.25, 0.3) is 5.56 Å². The number of halogens is 1. The van der Waals surface area contributed by atoms with Gasteiger partial charge in [0.2, 0.25) is 5.88 Å². The van der Waals surface area contributed by atoms with Crippen molar-refractivity contribution in [1.29, 1.82) is 0 Å². The molecule has 2 aromatic heterocycles. The predicted molar refractivity (Wildman–Crippen MR) is 69.6 cm³/mol. The number of benzene rings is 1. The van der Waals surface area contributed by atoms with Crippen LogP contribution in [-0.4, -0.2) is 15.1 Å². The quantitative estimate of drug-likeness (QED) is 0.751. The summed E-state index contributed by atoms with van der Waals surface area (Å²) in [5.41, 5.74) is -0.316. The zero-order valence-electron chi connectivity index (χ0n) is 10.1. The lowest BCUT2D eigenvalue weighted by atomic mass is 10.1. The Hall–Kier alpha value is -2.89. The fourth-order valence-corrected chi connectivity index (χ4v) is 1.90. The van der Waals surface area contributed by atoms with Gasteiger partial charge in [-0.2, -0.15) is 4.98 Å². The van der Waals surface area contributed by atoms with Crippen LogP contribution >= 0.6 is 0 Å². The average Bonchev–Trinajstić information content (AvgIpc) is 2.94. The molecule has 3 rings (SSSR count). The molecule has 0 saturated heterocycles. The normalized spacial score (nSPS) is 10.7. The van der Waals surface area contributed by atoms with Crippen molar-refractivity contribution in [2.45, 2.75) is 0 Å². The summed E-state index contributed by atoms with van der Waals surface area (Å²) in [6.45, 7) is 0. The molecular weight excluding hydrogens is 263 g/mol. The maximum atomic E-state index is 13.7.